The summed E-state index contributed by atoms with van der Waals surface area (Å²) in [7, 11) is 1.57. The molecule has 16 heavy (non-hydrogen) atoms. The fraction of sp³-hybridized carbons (Fsp3) is 0.364. The molecule has 4 nitrogen and oxygen atoms in total. The standard InChI is InChI=1S/C11H16FN3O/c1-3-15(7-11(16)14-2)10-5-8(12)4-9(13)6-10/h4-6H,3,7,13H2,1-2H3,(H,14,16). The summed E-state index contributed by atoms with van der Waals surface area (Å²) in [5.74, 6) is -0.518. The van der Waals surface area contributed by atoms with Gasteiger partial charge in [-0.3, -0.25) is 4.79 Å². The molecule has 1 aromatic carbocycles. The summed E-state index contributed by atoms with van der Waals surface area (Å²) in [4.78, 5) is 13.0. The second-order valence-corrected chi connectivity index (χ2v) is 3.43. The first-order valence-electron chi connectivity index (χ1n) is 5.08. The highest BCUT2D eigenvalue weighted by Gasteiger charge is 2.10. The van der Waals surface area contributed by atoms with Gasteiger partial charge in [0.15, 0.2) is 0 Å². The van der Waals surface area contributed by atoms with Crippen molar-refractivity contribution in [2.75, 3.05) is 30.8 Å². The van der Waals surface area contributed by atoms with Crippen molar-refractivity contribution in [1.82, 2.24) is 5.32 Å². The fourth-order valence-electron chi connectivity index (χ4n) is 1.42. The Labute approximate surface area is 94.2 Å². The Hall–Kier alpha value is -1.78. The zero-order valence-corrected chi connectivity index (χ0v) is 9.46. The van der Waals surface area contributed by atoms with Gasteiger partial charge in [0, 0.05) is 25.0 Å². The van der Waals surface area contributed by atoms with Crippen LogP contribution in [0.5, 0.6) is 0 Å². The molecule has 0 spiro atoms. The summed E-state index contributed by atoms with van der Waals surface area (Å²) >= 11 is 0. The number of nitrogens with two attached hydrogens (primary N) is 1. The van der Waals surface area contributed by atoms with Gasteiger partial charge in [0.25, 0.3) is 0 Å². The third-order valence-corrected chi connectivity index (χ3v) is 2.27. The molecule has 5 heteroatoms. The highest BCUT2D eigenvalue weighted by molar-refractivity contribution is 5.81. The van der Waals surface area contributed by atoms with Gasteiger partial charge in [0.1, 0.15) is 5.82 Å². The predicted molar refractivity (Wildman–Crippen MR) is 62.8 cm³/mol. The van der Waals surface area contributed by atoms with Crippen LogP contribution in [0.15, 0.2) is 18.2 Å². The molecule has 0 saturated carbocycles. The Morgan fingerprint density at radius 2 is 2.19 bits per heavy atom. The van der Waals surface area contributed by atoms with Crippen LogP contribution in [0.4, 0.5) is 15.8 Å². The monoisotopic (exact) mass is 225 g/mol. The zero-order chi connectivity index (χ0) is 12.1. The minimum atomic E-state index is -0.398. The number of likely N-dealkylation sites (N-methyl/N-ethyl adjacent to an activating group) is 2. The van der Waals surface area contributed by atoms with Crippen molar-refractivity contribution in [3.05, 3.63) is 24.0 Å². The van der Waals surface area contributed by atoms with Crippen molar-refractivity contribution in [1.29, 1.82) is 0 Å². The Balaban J connectivity index is 2.90. The minimum Gasteiger partial charge on any atom is -0.399 e. The number of benzene rings is 1. The molecule has 0 bridgehead atoms. The van der Waals surface area contributed by atoms with Gasteiger partial charge in [0.2, 0.25) is 5.91 Å². The van der Waals surface area contributed by atoms with Gasteiger partial charge in [-0.05, 0) is 25.1 Å². The maximum Gasteiger partial charge on any atom is 0.239 e. The summed E-state index contributed by atoms with van der Waals surface area (Å²) < 4.78 is 13.1. The molecule has 0 aromatic heterocycles. The van der Waals surface area contributed by atoms with Crippen molar-refractivity contribution < 1.29 is 9.18 Å². The molecule has 0 aliphatic carbocycles. The van der Waals surface area contributed by atoms with Crippen molar-refractivity contribution >= 4 is 17.3 Å². The first-order valence-corrected chi connectivity index (χ1v) is 5.08. The first kappa shape index (κ1) is 12.3. The summed E-state index contributed by atoms with van der Waals surface area (Å²) in [6.07, 6.45) is 0. The summed E-state index contributed by atoms with van der Waals surface area (Å²) in [6, 6.07) is 4.26. The van der Waals surface area contributed by atoms with Crippen LogP contribution in [-0.4, -0.2) is 26.0 Å². The van der Waals surface area contributed by atoms with Crippen molar-refractivity contribution in [3.8, 4) is 0 Å². The number of hydrogen-bond acceptors (Lipinski definition) is 3. The molecule has 0 unspecified atom stereocenters. The lowest BCUT2D eigenvalue weighted by atomic mass is 10.2. The maximum atomic E-state index is 13.1. The second-order valence-electron chi connectivity index (χ2n) is 3.43. The van der Waals surface area contributed by atoms with Crippen LogP contribution >= 0.6 is 0 Å². The van der Waals surface area contributed by atoms with Crippen LogP contribution in [0, 0.1) is 5.82 Å². The van der Waals surface area contributed by atoms with Crippen molar-refractivity contribution in [2.24, 2.45) is 0 Å². The van der Waals surface area contributed by atoms with Gasteiger partial charge in [-0.15, -0.1) is 0 Å². The molecular weight excluding hydrogens is 209 g/mol. The Morgan fingerprint density at radius 1 is 1.50 bits per heavy atom. The number of nitrogen functional groups attached to an aromatic ring is 1. The van der Waals surface area contributed by atoms with E-state index in [1.807, 2.05) is 6.92 Å². The van der Waals surface area contributed by atoms with E-state index in [-0.39, 0.29) is 12.5 Å². The summed E-state index contributed by atoms with van der Waals surface area (Å²) in [5, 5.41) is 2.52. The molecule has 0 fully saturated rings. The Morgan fingerprint density at radius 3 is 2.69 bits per heavy atom. The quantitative estimate of drug-likeness (QED) is 0.751. The van der Waals surface area contributed by atoms with E-state index in [2.05, 4.69) is 5.32 Å². The average molecular weight is 225 g/mol. The van der Waals surface area contributed by atoms with E-state index in [0.717, 1.165) is 0 Å². The van der Waals surface area contributed by atoms with Crippen molar-refractivity contribution in [3.63, 3.8) is 0 Å². The van der Waals surface area contributed by atoms with E-state index in [1.54, 1.807) is 18.0 Å². The van der Waals surface area contributed by atoms with Crippen LogP contribution in [0.1, 0.15) is 6.92 Å². The fourth-order valence-corrected chi connectivity index (χ4v) is 1.42. The Bertz CT molecular complexity index is 361. The molecule has 0 radical (unpaired) electrons. The van der Waals surface area contributed by atoms with E-state index in [1.165, 1.54) is 12.1 Å². The van der Waals surface area contributed by atoms with Crippen LogP contribution < -0.4 is 16.0 Å². The van der Waals surface area contributed by atoms with Crippen LogP contribution in [-0.2, 0) is 4.79 Å². The number of halogens is 1. The molecule has 0 aliphatic heterocycles. The number of amides is 1. The molecule has 88 valence electrons. The van der Waals surface area contributed by atoms with Gasteiger partial charge < -0.3 is 16.0 Å². The lowest BCUT2D eigenvalue weighted by Crippen LogP contribution is -2.35. The van der Waals surface area contributed by atoms with Gasteiger partial charge in [-0.25, -0.2) is 4.39 Å². The van der Waals surface area contributed by atoms with Crippen LogP contribution in [0.25, 0.3) is 0 Å². The average Bonchev–Trinajstić information content (AvgIpc) is 2.24. The predicted octanol–water partition coefficient (Wildman–Crippen LogP) is 0.980. The largest absolute Gasteiger partial charge is 0.399 e. The lowest BCUT2D eigenvalue weighted by Gasteiger charge is -2.22. The summed E-state index contributed by atoms with van der Waals surface area (Å²) in [6.45, 7) is 2.69. The smallest absolute Gasteiger partial charge is 0.239 e. The molecule has 0 saturated heterocycles. The third-order valence-electron chi connectivity index (χ3n) is 2.27. The molecule has 1 rings (SSSR count). The molecule has 1 amide bonds. The minimum absolute atomic E-state index is 0.121. The number of rotatable bonds is 4. The third kappa shape index (κ3) is 3.12. The first-order chi connectivity index (χ1) is 7.56. The molecule has 1 aromatic rings. The normalized spacial score (nSPS) is 9.94. The topological polar surface area (TPSA) is 58.4 Å². The van der Waals surface area contributed by atoms with Gasteiger partial charge in [-0.2, -0.15) is 0 Å². The van der Waals surface area contributed by atoms with Gasteiger partial charge in [0.05, 0.1) is 6.54 Å². The number of anilines is 2. The molecule has 0 atom stereocenters. The maximum absolute atomic E-state index is 13.1. The van der Waals surface area contributed by atoms with E-state index in [9.17, 15) is 9.18 Å². The van der Waals surface area contributed by atoms with E-state index < -0.39 is 5.82 Å². The zero-order valence-electron chi connectivity index (χ0n) is 9.46. The van der Waals surface area contributed by atoms with Crippen molar-refractivity contribution in [2.45, 2.75) is 6.92 Å². The second kappa shape index (κ2) is 5.34. The highest BCUT2D eigenvalue weighted by Crippen LogP contribution is 2.19. The number of nitrogens with zero attached hydrogens (tertiary/aromatic N) is 1. The van der Waals surface area contributed by atoms with E-state index >= 15 is 0 Å². The molecular formula is C11H16FN3O. The molecule has 0 heterocycles. The van der Waals surface area contributed by atoms with Crippen LogP contribution in [0.3, 0.4) is 0 Å². The summed E-state index contributed by atoms with van der Waals surface area (Å²) in [5.41, 5.74) is 6.51. The Kier molecular flexibility index (Phi) is 4.10. The highest BCUT2D eigenvalue weighted by atomic mass is 19.1. The van der Waals surface area contributed by atoms with Gasteiger partial charge >= 0.3 is 0 Å². The number of carbonyl (C=O) groups is 1. The number of carbonyl (C=O) groups excluding carboxylic acids is 1. The van der Waals surface area contributed by atoms with E-state index in [0.29, 0.717) is 17.9 Å². The molecule has 0 aliphatic rings. The van der Waals surface area contributed by atoms with Crippen LogP contribution in [0.2, 0.25) is 0 Å². The van der Waals surface area contributed by atoms with Gasteiger partial charge in [-0.1, -0.05) is 0 Å². The number of hydrogen-bond donors (Lipinski definition) is 2. The van der Waals surface area contributed by atoms with E-state index in [4.69, 9.17) is 5.73 Å². The SMILES string of the molecule is CCN(CC(=O)NC)c1cc(N)cc(F)c1. The molecule has 3 N–H and O–H groups in total. The lowest BCUT2D eigenvalue weighted by molar-refractivity contribution is -0.119. The number of nitrogens with one attached hydrogen (secondary N) is 1.